The number of Topliss-reactive ketones (excluding diaryl/α,β-unsaturated/α-hetero) is 1. The highest BCUT2D eigenvalue weighted by Gasteiger charge is 2.31. The van der Waals surface area contributed by atoms with E-state index in [4.69, 9.17) is 0 Å². The molecule has 0 aromatic heterocycles. The molecule has 0 fully saturated rings. The minimum Gasteiger partial charge on any atom is -1.00 e. The van der Waals surface area contributed by atoms with Crippen molar-refractivity contribution in [3.63, 3.8) is 0 Å². The second-order valence-electron chi connectivity index (χ2n) is 5.83. The summed E-state index contributed by atoms with van der Waals surface area (Å²) in [4.78, 5) is 12.6. The molecule has 0 bridgehead atoms. The average molecular weight is 304 g/mol. The van der Waals surface area contributed by atoms with E-state index >= 15 is 0 Å². The Morgan fingerprint density at radius 2 is 1.43 bits per heavy atom. The van der Waals surface area contributed by atoms with Gasteiger partial charge in [0, 0.05) is 11.1 Å². The quantitative estimate of drug-likeness (QED) is 0.582. The molecule has 0 aliphatic carbocycles. The summed E-state index contributed by atoms with van der Waals surface area (Å²) >= 11 is 0. The van der Waals surface area contributed by atoms with E-state index < -0.39 is 0 Å². The molecule has 2 nitrogen and oxygen atoms in total. The summed E-state index contributed by atoms with van der Waals surface area (Å²) in [6, 6.07) is 19.8. The van der Waals surface area contributed by atoms with Crippen LogP contribution in [-0.2, 0) is 6.54 Å². The van der Waals surface area contributed by atoms with Gasteiger partial charge in [0.2, 0.25) is 5.78 Å². The molecule has 0 aliphatic heterocycles. The first kappa shape index (κ1) is 17.4. The normalized spacial score (nSPS) is 12.3. The van der Waals surface area contributed by atoms with Gasteiger partial charge in [0.05, 0.1) is 14.1 Å². The maximum Gasteiger partial charge on any atom is 0.219 e. The number of quaternary nitrogens is 1. The number of rotatable bonds is 5. The van der Waals surface area contributed by atoms with Crippen LogP contribution in [0.2, 0.25) is 0 Å². The molecular formula is C18H22ClNO. The summed E-state index contributed by atoms with van der Waals surface area (Å²) in [6.07, 6.45) is 0. The molecule has 1 atom stereocenters. The van der Waals surface area contributed by atoms with Crippen LogP contribution in [-0.4, -0.2) is 30.4 Å². The van der Waals surface area contributed by atoms with E-state index in [0.29, 0.717) is 4.48 Å². The van der Waals surface area contributed by atoms with E-state index in [2.05, 4.69) is 26.2 Å². The van der Waals surface area contributed by atoms with Crippen LogP contribution in [0, 0.1) is 0 Å². The molecule has 2 rings (SSSR count). The molecule has 2 aromatic rings. The predicted molar refractivity (Wildman–Crippen MR) is 82.5 cm³/mol. The summed E-state index contributed by atoms with van der Waals surface area (Å²) in [5, 5.41) is 0. The number of nitrogens with zero attached hydrogens (tertiary/aromatic N) is 1. The summed E-state index contributed by atoms with van der Waals surface area (Å²) in [6.45, 7) is 2.86. The Hall–Kier alpha value is -1.64. The molecule has 0 saturated heterocycles. The number of halogens is 1. The van der Waals surface area contributed by atoms with Crippen LogP contribution in [0.1, 0.15) is 22.8 Å². The van der Waals surface area contributed by atoms with E-state index in [1.807, 2.05) is 55.5 Å². The van der Waals surface area contributed by atoms with Crippen molar-refractivity contribution < 1.29 is 21.7 Å². The Bertz CT molecular complexity index is 566. The molecule has 0 saturated carbocycles. The molecular weight excluding hydrogens is 282 g/mol. The molecule has 2 aromatic carbocycles. The van der Waals surface area contributed by atoms with Crippen LogP contribution in [0.4, 0.5) is 0 Å². The summed E-state index contributed by atoms with van der Waals surface area (Å²) in [5.41, 5.74) is 2.05. The van der Waals surface area contributed by atoms with Crippen molar-refractivity contribution in [2.75, 3.05) is 14.1 Å². The third-order valence-corrected chi connectivity index (χ3v) is 3.92. The Morgan fingerprint density at radius 1 is 0.952 bits per heavy atom. The maximum atomic E-state index is 12.6. The number of hydrogen-bond acceptors (Lipinski definition) is 1. The van der Waals surface area contributed by atoms with Crippen molar-refractivity contribution in [3.8, 4) is 0 Å². The molecule has 3 heteroatoms. The van der Waals surface area contributed by atoms with Gasteiger partial charge in [0.15, 0.2) is 0 Å². The summed E-state index contributed by atoms with van der Waals surface area (Å²) < 4.78 is 0.651. The topological polar surface area (TPSA) is 17.1 Å². The van der Waals surface area contributed by atoms with Gasteiger partial charge in [0.25, 0.3) is 0 Å². The molecule has 0 radical (unpaired) electrons. The van der Waals surface area contributed by atoms with Crippen molar-refractivity contribution in [2.24, 2.45) is 0 Å². The first-order valence-electron chi connectivity index (χ1n) is 6.96. The average Bonchev–Trinajstić information content (AvgIpc) is 2.47. The molecule has 0 N–H and O–H groups in total. The molecule has 0 spiro atoms. The van der Waals surface area contributed by atoms with Gasteiger partial charge in [-0.25, -0.2) is 0 Å². The van der Waals surface area contributed by atoms with Gasteiger partial charge in [-0.3, -0.25) is 4.79 Å². The zero-order valence-electron chi connectivity index (χ0n) is 12.8. The maximum absolute atomic E-state index is 12.6. The fourth-order valence-electron chi connectivity index (χ4n) is 2.35. The Kier molecular flexibility index (Phi) is 6.13. The standard InChI is InChI=1S/C18H22NO.ClH/c1-15(18(20)17-12-8-5-9-13-17)19(2,3)14-16-10-6-4-7-11-16;/h4-13,15H,14H2,1-3H3;1H/q+1;/p-1. The van der Waals surface area contributed by atoms with Crippen LogP contribution in [0.5, 0.6) is 0 Å². The van der Waals surface area contributed by atoms with Gasteiger partial charge in [0.1, 0.15) is 12.6 Å². The number of ketones is 1. The van der Waals surface area contributed by atoms with Gasteiger partial charge in [-0.1, -0.05) is 60.7 Å². The number of benzene rings is 2. The molecule has 1 unspecified atom stereocenters. The van der Waals surface area contributed by atoms with E-state index in [1.54, 1.807) is 0 Å². The van der Waals surface area contributed by atoms with Crippen molar-refractivity contribution in [3.05, 3.63) is 71.8 Å². The lowest BCUT2D eigenvalue weighted by molar-refractivity contribution is -0.916. The van der Waals surface area contributed by atoms with E-state index in [9.17, 15) is 4.79 Å². The molecule has 0 aliphatic rings. The van der Waals surface area contributed by atoms with Crippen molar-refractivity contribution in [2.45, 2.75) is 19.5 Å². The predicted octanol–water partition coefficient (Wildman–Crippen LogP) is 0.538. The van der Waals surface area contributed by atoms with E-state index in [0.717, 1.165) is 12.1 Å². The SMILES string of the molecule is CC(C(=O)c1ccccc1)[N+](C)(C)Cc1ccccc1.[Cl-]. The first-order chi connectivity index (χ1) is 9.50. The lowest BCUT2D eigenvalue weighted by Crippen LogP contribution is -3.00. The number of likely N-dealkylation sites (N-methyl/N-ethyl adjacent to an activating group) is 1. The van der Waals surface area contributed by atoms with Crippen LogP contribution >= 0.6 is 0 Å². The second-order valence-corrected chi connectivity index (χ2v) is 5.83. The molecule has 112 valence electrons. The first-order valence-corrected chi connectivity index (χ1v) is 6.96. The van der Waals surface area contributed by atoms with Gasteiger partial charge in [-0.2, -0.15) is 0 Å². The third-order valence-electron chi connectivity index (χ3n) is 3.92. The fraction of sp³-hybridized carbons (Fsp3) is 0.278. The van der Waals surface area contributed by atoms with Gasteiger partial charge >= 0.3 is 0 Å². The fourth-order valence-corrected chi connectivity index (χ4v) is 2.35. The number of carbonyl (C=O) groups excluding carboxylic acids is 1. The molecule has 0 amide bonds. The van der Waals surface area contributed by atoms with E-state index in [-0.39, 0.29) is 24.2 Å². The zero-order chi connectivity index (χ0) is 14.6. The van der Waals surface area contributed by atoms with Crippen LogP contribution in [0.15, 0.2) is 60.7 Å². The smallest absolute Gasteiger partial charge is 0.219 e. The van der Waals surface area contributed by atoms with Crippen LogP contribution < -0.4 is 12.4 Å². The third kappa shape index (κ3) is 4.42. The van der Waals surface area contributed by atoms with Crippen molar-refractivity contribution in [1.29, 1.82) is 0 Å². The monoisotopic (exact) mass is 303 g/mol. The van der Waals surface area contributed by atoms with Gasteiger partial charge < -0.3 is 16.9 Å². The highest BCUT2D eigenvalue weighted by Crippen LogP contribution is 2.17. The summed E-state index contributed by atoms with van der Waals surface area (Å²) in [7, 11) is 4.22. The largest absolute Gasteiger partial charge is 1.00 e. The Balaban J connectivity index is 0.00000220. The number of carbonyl (C=O) groups is 1. The minimum absolute atomic E-state index is 0. The molecule has 0 heterocycles. The highest BCUT2D eigenvalue weighted by molar-refractivity contribution is 5.99. The highest BCUT2D eigenvalue weighted by atomic mass is 35.5. The van der Waals surface area contributed by atoms with E-state index in [1.165, 1.54) is 5.56 Å². The Labute approximate surface area is 133 Å². The van der Waals surface area contributed by atoms with Gasteiger partial charge in [-0.15, -0.1) is 0 Å². The lowest BCUT2D eigenvalue weighted by Gasteiger charge is -2.35. The van der Waals surface area contributed by atoms with Gasteiger partial charge in [-0.05, 0) is 6.92 Å². The Morgan fingerprint density at radius 3 is 1.95 bits per heavy atom. The van der Waals surface area contributed by atoms with Crippen molar-refractivity contribution in [1.82, 2.24) is 0 Å². The van der Waals surface area contributed by atoms with Crippen molar-refractivity contribution >= 4 is 5.78 Å². The van der Waals surface area contributed by atoms with Crippen LogP contribution in [0.25, 0.3) is 0 Å². The zero-order valence-corrected chi connectivity index (χ0v) is 13.5. The second kappa shape index (κ2) is 7.39. The molecule has 21 heavy (non-hydrogen) atoms. The minimum atomic E-state index is -0.0717. The van der Waals surface area contributed by atoms with Crippen LogP contribution in [0.3, 0.4) is 0 Å². The number of hydrogen-bond donors (Lipinski definition) is 0. The lowest BCUT2D eigenvalue weighted by atomic mass is 10.0. The summed E-state index contributed by atoms with van der Waals surface area (Å²) in [5.74, 6) is 0.200.